The second-order valence-electron chi connectivity index (χ2n) is 2.77. The molecule has 80 valence electrons. The first-order valence-electron chi connectivity index (χ1n) is 5.24. The highest BCUT2D eigenvalue weighted by Gasteiger charge is 2.10. The Labute approximate surface area is 84.6 Å². The Hall–Kier alpha value is -0.480. The summed E-state index contributed by atoms with van der Waals surface area (Å²) < 4.78 is 0. The number of unbranched alkanes of at least 4 members (excludes halogenated alkanes) is 1. The Morgan fingerprint density at radius 3 is 1.46 bits per heavy atom. The maximum Gasteiger partial charge on any atom is 0.122 e. The second kappa shape index (κ2) is 14.1. The van der Waals surface area contributed by atoms with E-state index < -0.39 is 5.60 Å². The lowest BCUT2D eigenvalue weighted by Gasteiger charge is -2.10. The molecule has 13 heavy (non-hydrogen) atoms. The zero-order chi connectivity index (χ0) is 11.3. The maximum absolute atomic E-state index is 8.90. The first-order chi connectivity index (χ1) is 6.04. The van der Waals surface area contributed by atoms with Gasteiger partial charge in [0.05, 0.1) is 0 Å². The van der Waals surface area contributed by atoms with Crippen molar-refractivity contribution in [2.24, 2.45) is 0 Å². The number of hydrogen-bond donors (Lipinski definition) is 1. The van der Waals surface area contributed by atoms with Gasteiger partial charge in [-0.3, -0.25) is 0 Å². The first kappa shape index (κ1) is 18.3. The van der Waals surface area contributed by atoms with Gasteiger partial charge in [-0.25, -0.2) is 0 Å². The molecule has 1 atom stereocenters. The SMILES string of the molecule is C#CC(C)(O)CC.CC.CCCC. The molecule has 1 heteroatoms. The standard InChI is InChI=1S/C6H10O.C4H10.C2H6/c1-4-6(3,7)5-2;1-3-4-2;1-2/h1,7H,5H2,2-3H3;3-4H2,1-2H3;1-2H3. The van der Waals surface area contributed by atoms with Gasteiger partial charge in [0.1, 0.15) is 5.60 Å². The van der Waals surface area contributed by atoms with E-state index in [1.807, 2.05) is 20.8 Å². The van der Waals surface area contributed by atoms with Crippen LogP contribution in [0.15, 0.2) is 0 Å². The molecule has 1 N–H and O–H groups in total. The van der Waals surface area contributed by atoms with E-state index in [-0.39, 0.29) is 0 Å². The van der Waals surface area contributed by atoms with E-state index >= 15 is 0 Å². The molecular weight excluding hydrogens is 160 g/mol. The minimum atomic E-state index is -0.889. The van der Waals surface area contributed by atoms with Crippen molar-refractivity contribution in [3.8, 4) is 12.3 Å². The first-order valence-corrected chi connectivity index (χ1v) is 5.24. The molecule has 0 fully saturated rings. The van der Waals surface area contributed by atoms with Crippen molar-refractivity contribution in [1.29, 1.82) is 0 Å². The molecule has 0 aromatic rings. The average molecular weight is 186 g/mol. The van der Waals surface area contributed by atoms with Gasteiger partial charge < -0.3 is 5.11 Å². The Morgan fingerprint density at radius 1 is 1.15 bits per heavy atom. The average Bonchev–Trinajstić information content (AvgIpc) is 2.21. The number of hydrogen-bond acceptors (Lipinski definition) is 1. The molecule has 0 bridgehead atoms. The summed E-state index contributed by atoms with van der Waals surface area (Å²) >= 11 is 0. The molecule has 1 unspecified atom stereocenters. The van der Waals surface area contributed by atoms with E-state index in [2.05, 4.69) is 19.8 Å². The molecule has 0 amide bonds. The molecular formula is C12H26O. The fraction of sp³-hybridized carbons (Fsp3) is 0.833. The highest BCUT2D eigenvalue weighted by atomic mass is 16.3. The van der Waals surface area contributed by atoms with Gasteiger partial charge in [-0.15, -0.1) is 6.42 Å². The lowest BCUT2D eigenvalue weighted by molar-refractivity contribution is 0.118. The molecule has 0 aliphatic rings. The van der Waals surface area contributed by atoms with Crippen molar-refractivity contribution in [3.05, 3.63) is 0 Å². The summed E-state index contributed by atoms with van der Waals surface area (Å²) in [5, 5.41) is 8.90. The predicted molar refractivity (Wildman–Crippen MR) is 61.7 cm³/mol. The zero-order valence-corrected chi connectivity index (χ0v) is 10.1. The Balaban J connectivity index is -0.000000142. The van der Waals surface area contributed by atoms with E-state index in [0.29, 0.717) is 6.42 Å². The fourth-order valence-corrected chi connectivity index (χ4v) is 0.102. The van der Waals surface area contributed by atoms with Gasteiger partial charge in [0.25, 0.3) is 0 Å². The van der Waals surface area contributed by atoms with Crippen LogP contribution in [0.1, 0.15) is 60.8 Å². The second-order valence-corrected chi connectivity index (χ2v) is 2.77. The van der Waals surface area contributed by atoms with E-state index in [1.165, 1.54) is 12.8 Å². The Kier molecular flexibility index (Phi) is 19.8. The topological polar surface area (TPSA) is 20.2 Å². The van der Waals surface area contributed by atoms with Crippen LogP contribution in [0, 0.1) is 12.3 Å². The molecule has 0 aliphatic carbocycles. The van der Waals surface area contributed by atoms with Gasteiger partial charge in [0.2, 0.25) is 0 Å². The van der Waals surface area contributed by atoms with Crippen molar-refractivity contribution in [2.45, 2.75) is 66.4 Å². The molecule has 0 rings (SSSR count). The van der Waals surface area contributed by atoms with Crippen LogP contribution in [0.2, 0.25) is 0 Å². The third-order valence-corrected chi connectivity index (χ3v) is 1.50. The Morgan fingerprint density at radius 2 is 1.46 bits per heavy atom. The van der Waals surface area contributed by atoms with Gasteiger partial charge in [-0.2, -0.15) is 0 Å². The third kappa shape index (κ3) is 24.6. The van der Waals surface area contributed by atoms with Gasteiger partial charge in [-0.1, -0.05) is 53.4 Å². The normalized spacial score (nSPS) is 12.2. The smallest absolute Gasteiger partial charge is 0.122 e. The molecule has 0 radical (unpaired) electrons. The van der Waals surface area contributed by atoms with Gasteiger partial charge >= 0.3 is 0 Å². The van der Waals surface area contributed by atoms with Crippen LogP contribution >= 0.6 is 0 Å². The summed E-state index contributed by atoms with van der Waals surface area (Å²) in [7, 11) is 0. The highest BCUT2D eigenvalue weighted by Crippen LogP contribution is 2.03. The highest BCUT2D eigenvalue weighted by molar-refractivity contribution is 5.03. The van der Waals surface area contributed by atoms with Crippen molar-refractivity contribution in [3.63, 3.8) is 0 Å². The molecule has 0 aromatic heterocycles. The molecule has 0 saturated carbocycles. The van der Waals surface area contributed by atoms with Crippen LogP contribution in [0.5, 0.6) is 0 Å². The van der Waals surface area contributed by atoms with E-state index in [1.54, 1.807) is 6.92 Å². The van der Waals surface area contributed by atoms with Crippen molar-refractivity contribution in [1.82, 2.24) is 0 Å². The quantitative estimate of drug-likeness (QED) is 0.653. The van der Waals surface area contributed by atoms with Crippen LogP contribution in [0.3, 0.4) is 0 Å². The monoisotopic (exact) mass is 186 g/mol. The largest absolute Gasteiger partial charge is 0.378 e. The van der Waals surface area contributed by atoms with Crippen LogP contribution in [0.4, 0.5) is 0 Å². The summed E-state index contributed by atoms with van der Waals surface area (Å²) in [6, 6.07) is 0. The number of terminal acetylenes is 1. The minimum Gasteiger partial charge on any atom is -0.378 e. The summed E-state index contributed by atoms with van der Waals surface area (Å²) in [4.78, 5) is 0. The van der Waals surface area contributed by atoms with E-state index in [9.17, 15) is 0 Å². The van der Waals surface area contributed by atoms with Crippen LogP contribution < -0.4 is 0 Å². The summed E-state index contributed by atoms with van der Waals surface area (Å²) in [5.41, 5.74) is -0.889. The third-order valence-electron chi connectivity index (χ3n) is 1.50. The number of aliphatic hydroxyl groups is 1. The summed E-state index contributed by atoms with van der Waals surface area (Å²) in [5.74, 6) is 2.25. The predicted octanol–water partition coefficient (Wildman–Crippen LogP) is 3.61. The zero-order valence-electron chi connectivity index (χ0n) is 10.1. The number of rotatable bonds is 2. The van der Waals surface area contributed by atoms with E-state index in [0.717, 1.165) is 0 Å². The Bertz CT molecular complexity index is 107. The summed E-state index contributed by atoms with van der Waals surface area (Å²) in [6.07, 6.45) is 8.17. The van der Waals surface area contributed by atoms with Crippen LogP contribution in [0.25, 0.3) is 0 Å². The lowest BCUT2D eigenvalue weighted by Crippen LogP contribution is -2.18. The van der Waals surface area contributed by atoms with Crippen LogP contribution in [-0.4, -0.2) is 10.7 Å². The molecule has 0 aromatic carbocycles. The van der Waals surface area contributed by atoms with Gasteiger partial charge in [0, 0.05) is 0 Å². The van der Waals surface area contributed by atoms with Gasteiger partial charge in [0.15, 0.2) is 0 Å². The van der Waals surface area contributed by atoms with Crippen molar-refractivity contribution >= 4 is 0 Å². The van der Waals surface area contributed by atoms with E-state index in [4.69, 9.17) is 11.5 Å². The molecule has 0 heterocycles. The molecule has 0 saturated heterocycles. The molecule has 0 aliphatic heterocycles. The lowest BCUT2D eigenvalue weighted by atomic mass is 10.1. The van der Waals surface area contributed by atoms with Gasteiger partial charge in [-0.05, 0) is 13.3 Å². The minimum absolute atomic E-state index is 0.615. The van der Waals surface area contributed by atoms with Crippen molar-refractivity contribution < 1.29 is 5.11 Å². The molecule has 0 spiro atoms. The summed E-state index contributed by atoms with van der Waals surface area (Å²) in [6.45, 7) is 11.8. The van der Waals surface area contributed by atoms with Crippen molar-refractivity contribution in [2.75, 3.05) is 0 Å². The maximum atomic E-state index is 8.90. The fourth-order valence-electron chi connectivity index (χ4n) is 0.102. The molecule has 1 nitrogen and oxygen atoms in total. The van der Waals surface area contributed by atoms with Crippen LogP contribution in [-0.2, 0) is 0 Å².